The van der Waals surface area contributed by atoms with Crippen molar-refractivity contribution in [1.29, 1.82) is 0 Å². The number of hydrogen-bond donors (Lipinski definition) is 0. The number of halogens is 2. The molecule has 41 heavy (non-hydrogen) atoms. The van der Waals surface area contributed by atoms with Crippen molar-refractivity contribution in [1.82, 2.24) is 4.98 Å². The third kappa shape index (κ3) is 3.88. The van der Waals surface area contributed by atoms with Gasteiger partial charge in [0.05, 0.1) is 11.3 Å². The SMILES string of the molecule is CC1(C)c2cc(C=C3C(=O)c4cc(F)c(F)cc4C3=O)sc2-c2ccc(N(c3ccccc3)c3ccccc3)nc21. The first-order chi connectivity index (χ1) is 19.7. The molecule has 0 atom stereocenters. The van der Waals surface area contributed by atoms with Crippen molar-refractivity contribution < 1.29 is 18.4 Å². The van der Waals surface area contributed by atoms with Crippen LogP contribution in [0.2, 0.25) is 0 Å². The first-order valence-electron chi connectivity index (χ1n) is 13.1. The Morgan fingerprint density at radius 2 is 1.32 bits per heavy atom. The molecule has 5 aromatic rings. The van der Waals surface area contributed by atoms with E-state index < -0.39 is 28.6 Å². The molecule has 0 bridgehead atoms. The lowest BCUT2D eigenvalue weighted by Gasteiger charge is -2.26. The van der Waals surface area contributed by atoms with Gasteiger partial charge in [-0.05, 0) is 66.2 Å². The van der Waals surface area contributed by atoms with E-state index in [0.717, 1.165) is 55.9 Å². The topological polar surface area (TPSA) is 50.3 Å². The minimum absolute atomic E-state index is 0.0854. The maximum absolute atomic E-state index is 13.8. The summed E-state index contributed by atoms with van der Waals surface area (Å²) in [6.45, 7) is 4.22. The molecule has 0 unspecified atom stereocenters. The van der Waals surface area contributed by atoms with Crippen LogP contribution >= 0.6 is 11.3 Å². The van der Waals surface area contributed by atoms with Gasteiger partial charge in [0.1, 0.15) is 5.82 Å². The lowest BCUT2D eigenvalue weighted by molar-refractivity contribution is 0.0990. The number of thiophene rings is 1. The fourth-order valence-electron chi connectivity index (χ4n) is 5.66. The number of carbonyl (C=O) groups is 2. The number of rotatable bonds is 4. The second-order valence-corrected chi connectivity index (χ2v) is 11.7. The zero-order valence-electron chi connectivity index (χ0n) is 22.1. The van der Waals surface area contributed by atoms with Gasteiger partial charge >= 0.3 is 0 Å². The van der Waals surface area contributed by atoms with E-state index in [-0.39, 0.29) is 16.7 Å². The highest BCUT2D eigenvalue weighted by atomic mass is 32.1. The van der Waals surface area contributed by atoms with Crippen LogP contribution in [0.3, 0.4) is 0 Å². The van der Waals surface area contributed by atoms with Gasteiger partial charge in [0.15, 0.2) is 23.2 Å². The van der Waals surface area contributed by atoms with Crippen LogP contribution in [-0.2, 0) is 5.41 Å². The number of carbonyl (C=O) groups excluding carboxylic acids is 2. The van der Waals surface area contributed by atoms with Gasteiger partial charge < -0.3 is 0 Å². The monoisotopic (exact) mass is 560 g/mol. The van der Waals surface area contributed by atoms with Crippen molar-refractivity contribution >= 4 is 46.2 Å². The van der Waals surface area contributed by atoms with Gasteiger partial charge in [-0.1, -0.05) is 50.2 Å². The molecule has 0 spiro atoms. The molecule has 2 aromatic heterocycles. The molecule has 0 fully saturated rings. The summed E-state index contributed by atoms with van der Waals surface area (Å²) in [6, 6.07) is 27.8. The van der Waals surface area contributed by atoms with Crippen molar-refractivity contribution in [2.24, 2.45) is 0 Å². The average molecular weight is 561 g/mol. The summed E-state index contributed by atoms with van der Waals surface area (Å²) in [6.07, 6.45) is 1.54. The highest BCUT2D eigenvalue weighted by Gasteiger charge is 2.40. The first kappa shape index (κ1) is 25.2. The number of aromatic nitrogens is 1. The van der Waals surface area contributed by atoms with E-state index in [1.807, 2.05) is 48.5 Å². The molecule has 0 aliphatic heterocycles. The second kappa shape index (κ2) is 9.14. The minimum atomic E-state index is -1.15. The van der Waals surface area contributed by atoms with Crippen molar-refractivity contribution in [2.75, 3.05) is 4.90 Å². The van der Waals surface area contributed by atoms with Crippen LogP contribution in [-0.4, -0.2) is 16.6 Å². The second-order valence-electron chi connectivity index (χ2n) is 10.6. The van der Waals surface area contributed by atoms with Crippen LogP contribution in [0.1, 0.15) is 50.7 Å². The standard InChI is InChI=1S/C34H22F2N2O2S/c1-34(2)26-16-21(15-25-30(39)23-17-27(35)28(36)18-24(23)31(25)40)41-32(26)22-13-14-29(37-33(22)34)38(19-9-5-3-6-10-19)20-11-7-4-8-12-20/h3-18H,1-2H3. The van der Waals surface area contributed by atoms with E-state index in [4.69, 9.17) is 4.98 Å². The van der Waals surface area contributed by atoms with E-state index in [2.05, 4.69) is 49.1 Å². The van der Waals surface area contributed by atoms with E-state index in [9.17, 15) is 18.4 Å². The Morgan fingerprint density at radius 1 is 0.756 bits per heavy atom. The molecule has 0 saturated carbocycles. The third-order valence-electron chi connectivity index (χ3n) is 7.73. The highest BCUT2D eigenvalue weighted by molar-refractivity contribution is 7.16. The Morgan fingerprint density at radius 3 is 1.88 bits per heavy atom. The molecule has 7 rings (SSSR count). The summed E-state index contributed by atoms with van der Waals surface area (Å²) in [4.78, 5) is 34.9. The summed E-state index contributed by atoms with van der Waals surface area (Å²) in [7, 11) is 0. The molecule has 2 aliphatic rings. The fourth-order valence-corrected chi connectivity index (χ4v) is 6.95. The predicted octanol–water partition coefficient (Wildman–Crippen LogP) is 8.66. The molecule has 3 aromatic carbocycles. The number of para-hydroxylation sites is 2. The largest absolute Gasteiger partial charge is 0.295 e. The molecular weight excluding hydrogens is 538 g/mol. The quantitative estimate of drug-likeness (QED) is 0.163. The van der Waals surface area contributed by atoms with Crippen molar-refractivity contribution in [3.8, 4) is 10.4 Å². The van der Waals surface area contributed by atoms with Crippen LogP contribution in [0.5, 0.6) is 0 Å². The van der Waals surface area contributed by atoms with Gasteiger partial charge in [-0.25, -0.2) is 13.8 Å². The maximum Gasteiger partial charge on any atom is 0.197 e. The Bertz CT molecular complexity index is 1850. The Hall–Kier alpha value is -4.75. The number of benzene rings is 3. The number of pyridine rings is 1. The van der Waals surface area contributed by atoms with Crippen molar-refractivity contribution in [3.05, 3.63) is 135 Å². The van der Waals surface area contributed by atoms with Gasteiger partial charge in [-0.15, -0.1) is 11.3 Å². The first-order valence-corrected chi connectivity index (χ1v) is 13.9. The minimum Gasteiger partial charge on any atom is -0.295 e. The van der Waals surface area contributed by atoms with E-state index in [1.165, 1.54) is 17.4 Å². The fraction of sp³-hybridized carbons (Fsp3) is 0.0882. The average Bonchev–Trinajstić information content (AvgIpc) is 3.57. The van der Waals surface area contributed by atoms with Gasteiger partial charge in [0, 0.05) is 43.2 Å². The Balaban J connectivity index is 1.29. The Labute approximate surface area is 239 Å². The van der Waals surface area contributed by atoms with Crippen LogP contribution in [0.25, 0.3) is 16.5 Å². The molecule has 7 heteroatoms. The molecule has 4 nitrogen and oxygen atoms in total. The summed E-state index contributed by atoms with van der Waals surface area (Å²) in [5.74, 6) is -2.68. The number of hydrogen-bond acceptors (Lipinski definition) is 5. The lowest BCUT2D eigenvalue weighted by Crippen LogP contribution is -2.19. The van der Waals surface area contributed by atoms with Gasteiger partial charge in [-0.3, -0.25) is 14.5 Å². The Kier molecular flexibility index (Phi) is 5.63. The van der Waals surface area contributed by atoms with E-state index in [1.54, 1.807) is 0 Å². The number of fused-ring (bicyclic) bond motifs is 4. The van der Waals surface area contributed by atoms with Crippen LogP contribution in [0.15, 0.2) is 96.6 Å². The van der Waals surface area contributed by atoms with Gasteiger partial charge in [0.25, 0.3) is 0 Å². The smallest absolute Gasteiger partial charge is 0.197 e. The number of allylic oxidation sites excluding steroid dienone is 1. The summed E-state index contributed by atoms with van der Waals surface area (Å²) in [5.41, 5.74) is 4.26. The third-order valence-corrected chi connectivity index (χ3v) is 8.84. The molecule has 0 radical (unpaired) electrons. The molecule has 0 amide bonds. The highest BCUT2D eigenvalue weighted by Crippen LogP contribution is 2.53. The van der Waals surface area contributed by atoms with Gasteiger partial charge in [0.2, 0.25) is 0 Å². The molecule has 2 heterocycles. The molecule has 200 valence electrons. The number of anilines is 3. The predicted molar refractivity (Wildman–Crippen MR) is 157 cm³/mol. The zero-order chi connectivity index (χ0) is 28.5. The zero-order valence-corrected chi connectivity index (χ0v) is 22.9. The van der Waals surface area contributed by atoms with Crippen LogP contribution < -0.4 is 4.90 Å². The summed E-state index contributed by atoms with van der Waals surface area (Å²) >= 11 is 1.47. The normalized spacial score (nSPS) is 14.6. The van der Waals surface area contributed by atoms with Crippen LogP contribution in [0, 0.1) is 11.6 Å². The van der Waals surface area contributed by atoms with E-state index in [0.29, 0.717) is 0 Å². The molecule has 2 aliphatic carbocycles. The molecular formula is C34H22F2N2O2S. The molecule has 0 saturated heterocycles. The molecule has 0 N–H and O–H groups in total. The lowest BCUT2D eigenvalue weighted by atomic mass is 9.86. The number of Topliss-reactive ketones (excluding diaryl/α,β-unsaturated/α-hetero) is 2. The maximum atomic E-state index is 13.8. The number of nitrogens with zero attached hydrogens (tertiary/aromatic N) is 2. The summed E-state index contributed by atoms with van der Waals surface area (Å²) in [5, 5.41) is 0. The van der Waals surface area contributed by atoms with E-state index >= 15 is 0 Å². The summed E-state index contributed by atoms with van der Waals surface area (Å²) < 4.78 is 27.5. The number of ketones is 2. The van der Waals surface area contributed by atoms with Gasteiger partial charge in [-0.2, -0.15) is 0 Å². The van der Waals surface area contributed by atoms with Crippen molar-refractivity contribution in [2.45, 2.75) is 19.3 Å². The van der Waals surface area contributed by atoms with Crippen molar-refractivity contribution in [3.63, 3.8) is 0 Å². The van der Waals surface area contributed by atoms with Crippen LogP contribution in [0.4, 0.5) is 26.0 Å².